The molecule has 0 spiro atoms. The molecule has 2 heterocycles. The summed E-state index contributed by atoms with van der Waals surface area (Å²) in [6.07, 6.45) is 3.91. The molecule has 0 bridgehead atoms. The first-order valence-corrected chi connectivity index (χ1v) is 11.3. The van der Waals surface area contributed by atoms with Crippen LogP contribution in [-0.2, 0) is 14.3 Å². The minimum atomic E-state index is -0.454. The number of ketones is 1. The van der Waals surface area contributed by atoms with Crippen molar-refractivity contribution in [1.82, 2.24) is 15.5 Å². The lowest BCUT2D eigenvalue weighted by atomic mass is 9.83. The smallest absolute Gasteiger partial charge is 0.410 e. The van der Waals surface area contributed by atoms with E-state index in [0.29, 0.717) is 24.9 Å². The molecule has 2 N–H and O–H groups in total. The number of ether oxygens (including phenoxy) is 2. The Morgan fingerprint density at radius 3 is 2.47 bits per heavy atom. The third-order valence-electron chi connectivity index (χ3n) is 5.93. The summed E-state index contributed by atoms with van der Waals surface area (Å²) in [6, 6.07) is 0.565. The van der Waals surface area contributed by atoms with E-state index in [4.69, 9.17) is 9.47 Å². The quantitative estimate of drug-likeness (QED) is 0.624. The molecule has 7 heteroatoms. The number of carbonyl (C=O) groups is 2. The fourth-order valence-electron chi connectivity index (χ4n) is 4.26. The number of hydrogen-bond acceptors (Lipinski definition) is 6. The highest BCUT2D eigenvalue weighted by atomic mass is 16.6. The summed E-state index contributed by atoms with van der Waals surface area (Å²) in [5.41, 5.74) is 1.97. The number of piperidine rings is 1. The first-order chi connectivity index (χ1) is 14.1. The average Bonchev–Trinajstić information content (AvgIpc) is 2.68. The molecule has 0 radical (unpaired) electrons. The minimum Gasteiger partial charge on any atom is -0.444 e. The van der Waals surface area contributed by atoms with Gasteiger partial charge < -0.3 is 25.0 Å². The zero-order valence-corrected chi connectivity index (χ0v) is 19.7. The number of Topliss-reactive ketones (excluding diaryl/α,β-unsaturated/α-hetero) is 1. The predicted molar refractivity (Wildman–Crippen MR) is 118 cm³/mol. The third kappa shape index (κ3) is 7.27. The second kappa shape index (κ2) is 11.1. The number of nitrogens with zero attached hydrogens (tertiary/aromatic N) is 1. The van der Waals surface area contributed by atoms with Crippen molar-refractivity contribution in [2.45, 2.75) is 84.4 Å². The predicted octanol–water partition coefficient (Wildman–Crippen LogP) is 3.24. The van der Waals surface area contributed by atoms with Crippen LogP contribution in [-0.4, -0.2) is 67.8 Å². The highest BCUT2D eigenvalue weighted by Crippen LogP contribution is 2.27. The van der Waals surface area contributed by atoms with E-state index in [1.54, 1.807) is 12.0 Å². The van der Waals surface area contributed by atoms with Crippen molar-refractivity contribution in [2.75, 3.05) is 33.4 Å². The number of rotatable bonds is 8. The highest BCUT2D eigenvalue weighted by molar-refractivity contribution is 5.82. The summed E-state index contributed by atoms with van der Waals surface area (Å²) >= 11 is 0. The van der Waals surface area contributed by atoms with Crippen LogP contribution < -0.4 is 10.6 Å². The average molecular weight is 424 g/mol. The minimum absolute atomic E-state index is 0.0361. The maximum absolute atomic E-state index is 12.3. The maximum Gasteiger partial charge on any atom is 0.410 e. The summed E-state index contributed by atoms with van der Waals surface area (Å²) in [5.74, 6) is 0.353. The van der Waals surface area contributed by atoms with E-state index in [0.717, 1.165) is 45.3 Å². The largest absolute Gasteiger partial charge is 0.444 e. The van der Waals surface area contributed by atoms with Gasteiger partial charge in [0.1, 0.15) is 11.4 Å². The van der Waals surface area contributed by atoms with Crippen molar-refractivity contribution in [1.29, 1.82) is 0 Å². The molecule has 2 atom stereocenters. The van der Waals surface area contributed by atoms with Crippen LogP contribution in [0.1, 0.15) is 66.7 Å². The summed E-state index contributed by atoms with van der Waals surface area (Å²) in [6.45, 7) is 12.6. The Hall–Kier alpha value is -1.60. The van der Waals surface area contributed by atoms with Crippen LogP contribution in [0.25, 0.3) is 0 Å². The summed E-state index contributed by atoms with van der Waals surface area (Å²) in [4.78, 5) is 26.3. The van der Waals surface area contributed by atoms with E-state index in [1.165, 1.54) is 11.3 Å². The second-order valence-corrected chi connectivity index (χ2v) is 9.52. The van der Waals surface area contributed by atoms with Crippen LogP contribution in [0.4, 0.5) is 4.79 Å². The van der Waals surface area contributed by atoms with E-state index in [1.807, 2.05) is 27.7 Å². The van der Waals surface area contributed by atoms with Crippen LogP contribution in [0.15, 0.2) is 11.3 Å². The summed E-state index contributed by atoms with van der Waals surface area (Å²) < 4.78 is 10.9. The van der Waals surface area contributed by atoms with Crippen LogP contribution in [0.3, 0.4) is 0 Å². The Labute approximate surface area is 181 Å². The van der Waals surface area contributed by atoms with Crippen LogP contribution in [0.2, 0.25) is 0 Å². The van der Waals surface area contributed by atoms with Gasteiger partial charge in [-0.1, -0.05) is 6.92 Å². The number of carbonyl (C=O) groups excluding carboxylic acids is 2. The van der Waals surface area contributed by atoms with Gasteiger partial charge in [-0.2, -0.15) is 0 Å². The van der Waals surface area contributed by atoms with Gasteiger partial charge in [0.15, 0.2) is 0 Å². The number of hydrogen-bond donors (Lipinski definition) is 2. The lowest BCUT2D eigenvalue weighted by Crippen LogP contribution is -2.47. The van der Waals surface area contributed by atoms with Crippen molar-refractivity contribution < 1.29 is 19.1 Å². The van der Waals surface area contributed by atoms with Gasteiger partial charge in [0.25, 0.3) is 0 Å². The van der Waals surface area contributed by atoms with E-state index in [-0.39, 0.29) is 18.1 Å². The zero-order chi connectivity index (χ0) is 22.3. The van der Waals surface area contributed by atoms with E-state index in [2.05, 4.69) is 17.6 Å². The van der Waals surface area contributed by atoms with Gasteiger partial charge in [-0.05, 0) is 59.0 Å². The normalized spacial score (nSPS) is 23.3. The molecule has 7 nitrogen and oxygen atoms in total. The van der Waals surface area contributed by atoms with Gasteiger partial charge >= 0.3 is 6.09 Å². The molecule has 0 aromatic heterocycles. The molecular weight excluding hydrogens is 382 g/mol. The van der Waals surface area contributed by atoms with Crippen molar-refractivity contribution in [3.63, 3.8) is 0 Å². The standard InChI is InChI=1S/C23H41N3O4/c1-7-21(27)19-14-17(15-29-6)20(25-16(19)2)8-11-24-18-9-12-26(13-10-18)22(28)30-23(3,4)5/h16,18-19,24-25H,7-15H2,1-6H3/t16-,19-/m0/s1. The Balaban J connectivity index is 1.81. The second-order valence-electron chi connectivity index (χ2n) is 9.52. The molecule has 1 fully saturated rings. The van der Waals surface area contributed by atoms with Crippen LogP contribution >= 0.6 is 0 Å². The molecular formula is C23H41N3O4. The van der Waals surface area contributed by atoms with E-state index < -0.39 is 5.60 Å². The van der Waals surface area contributed by atoms with Gasteiger partial charge in [0, 0.05) is 56.9 Å². The summed E-state index contributed by atoms with van der Waals surface area (Å²) in [5, 5.41) is 7.21. The molecule has 0 aliphatic carbocycles. The van der Waals surface area contributed by atoms with Gasteiger partial charge in [-0.25, -0.2) is 4.79 Å². The van der Waals surface area contributed by atoms with Crippen molar-refractivity contribution in [3.8, 4) is 0 Å². The Bertz CT molecular complexity index is 618. The van der Waals surface area contributed by atoms with Gasteiger partial charge in [-0.3, -0.25) is 4.79 Å². The number of likely N-dealkylation sites (tertiary alicyclic amines) is 1. The molecule has 0 unspecified atom stereocenters. The van der Waals surface area contributed by atoms with Crippen LogP contribution in [0.5, 0.6) is 0 Å². The summed E-state index contributed by atoms with van der Waals surface area (Å²) in [7, 11) is 1.70. The Morgan fingerprint density at radius 1 is 1.23 bits per heavy atom. The lowest BCUT2D eigenvalue weighted by Gasteiger charge is -2.35. The molecule has 2 rings (SSSR count). The van der Waals surface area contributed by atoms with Gasteiger partial charge in [0.2, 0.25) is 0 Å². The van der Waals surface area contributed by atoms with E-state index in [9.17, 15) is 9.59 Å². The fraction of sp³-hybridized carbons (Fsp3) is 0.826. The zero-order valence-electron chi connectivity index (χ0n) is 19.7. The number of amides is 1. The van der Waals surface area contributed by atoms with Gasteiger partial charge in [0.05, 0.1) is 6.61 Å². The number of nitrogens with one attached hydrogen (secondary N) is 2. The Morgan fingerprint density at radius 2 is 1.90 bits per heavy atom. The molecule has 1 amide bonds. The molecule has 30 heavy (non-hydrogen) atoms. The maximum atomic E-state index is 12.3. The molecule has 1 saturated heterocycles. The van der Waals surface area contributed by atoms with Crippen molar-refractivity contribution >= 4 is 11.9 Å². The molecule has 0 aromatic rings. The van der Waals surface area contributed by atoms with Crippen molar-refractivity contribution in [2.24, 2.45) is 5.92 Å². The van der Waals surface area contributed by atoms with Crippen LogP contribution in [0, 0.1) is 5.92 Å². The first-order valence-electron chi connectivity index (χ1n) is 11.3. The highest BCUT2D eigenvalue weighted by Gasteiger charge is 2.31. The third-order valence-corrected chi connectivity index (χ3v) is 5.93. The molecule has 172 valence electrons. The van der Waals surface area contributed by atoms with Gasteiger partial charge in [-0.15, -0.1) is 0 Å². The topological polar surface area (TPSA) is 79.9 Å². The monoisotopic (exact) mass is 423 g/mol. The first kappa shape index (κ1) is 24.7. The van der Waals surface area contributed by atoms with E-state index >= 15 is 0 Å². The molecule has 0 aromatic carbocycles. The fourth-order valence-corrected chi connectivity index (χ4v) is 4.26. The molecule has 2 aliphatic rings. The molecule has 2 aliphatic heterocycles. The molecule has 0 saturated carbocycles. The Kier molecular flexibility index (Phi) is 9.16. The van der Waals surface area contributed by atoms with Crippen molar-refractivity contribution in [3.05, 3.63) is 11.3 Å². The lowest BCUT2D eigenvalue weighted by molar-refractivity contribution is -0.123. The number of methoxy groups -OCH3 is 1. The SMILES string of the molecule is CCC(=O)[C@H]1CC(COC)=C(CCNC2CCN(C(=O)OC(C)(C)C)CC2)N[C@H]1C.